The number of likely N-dealkylation sites (N-methyl/N-ethyl adjacent to an activating group) is 1. The van der Waals surface area contributed by atoms with Gasteiger partial charge in [0.1, 0.15) is 12.1 Å². The number of esters is 2. The molecule has 0 aromatic rings. The smallest absolute Gasteiger partial charge is 0.323 e. The van der Waals surface area contributed by atoms with Crippen LogP contribution in [-0.2, 0) is 19.1 Å². The van der Waals surface area contributed by atoms with Crippen molar-refractivity contribution in [3.05, 3.63) is 0 Å². The van der Waals surface area contributed by atoms with Crippen LogP contribution in [0.1, 0.15) is 33.1 Å². The minimum atomic E-state index is -0.321. The predicted molar refractivity (Wildman–Crippen MR) is 62.5 cm³/mol. The highest BCUT2D eigenvalue weighted by molar-refractivity contribution is 5.80. The normalized spacial score (nSPS) is 25.4. The molecule has 1 heterocycles. The van der Waals surface area contributed by atoms with Crippen LogP contribution in [0.25, 0.3) is 0 Å². The van der Waals surface area contributed by atoms with Gasteiger partial charge in [-0.15, -0.1) is 0 Å². The van der Waals surface area contributed by atoms with Crippen LogP contribution in [0.4, 0.5) is 0 Å². The van der Waals surface area contributed by atoms with Gasteiger partial charge in [0.15, 0.2) is 0 Å². The number of carbonyl (C=O) groups excluding carboxylic acids is 2. The molecule has 0 aromatic carbocycles. The molecule has 0 N–H and O–H groups in total. The standard InChI is InChI=1S/C12H21NO4/c1-4-16-11(14)9-7-6-8-10(13(9)3)12(15)17-5-2/h9-10H,4-8H2,1-3H3/t9-,10+. The van der Waals surface area contributed by atoms with Gasteiger partial charge in [0.25, 0.3) is 0 Å². The molecule has 0 amide bonds. The van der Waals surface area contributed by atoms with E-state index < -0.39 is 0 Å². The zero-order valence-electron chi connectivity index (χ0n) is 10.8. The third-order valence-electron chi connectivity index (χ3n) is 3.06. The van der Waals surface area contributed by atoms with Crippen LogP contribution in [0.2, 0.25) is 0 Å². The number of hydrogen-bond donors (Lipinski definition) is 0. The number of nitrogens with zero attached hydrogens (tertiary/aromatic N) is 1. The number of rotatable bonds is 4. The Morgan fingerprint density at radius 3 is 1.82 bits per heavy atom. The number of ether oxygens (including phenoxy) is 2. The SMILES string of the molecule is CCOC(=O)[C@H]1CCC[C@@H](C(=O)OCC)N1C. The van der Waals surface area contributed by atoms with Gasteiger partial charge in [-0.2, -0.15) is 0 Å². The van der Waals surface area contributed by atoms with Crippen LogP contribution in [0.15, 0.2) is 0 Å². The monoisotopic (exact) mass is 243 g/mol. The Bertz CT molecular complexity index is 254. The zero-order valence-corrected chi connectivity index (χ0v) is 10.8. The highest BCUT2D eigenvalue weighted by atomic mass is 16.5. The largest absolute Gasteiger partial charge is 0.465 e. The first kappa shape index (κ1) is 14.0. The minimum absolute atomic E-state index is 0.246. The quantitative estimate of drug-likeness (QED) is 0.688. The Morgan fingerprint density at radius 2 is 1.47 bits per heavy atom. The van der Waals surface area contributed by atoms with Crippen molar-refractivity contribution in [1.82, 2.24) is 4.90 Å². The Balaban J connectivity index is 2.64. The second-order valence-electron chi connectivity index (χ2n) is 4.13. The zero-order chi connectivity index (χ0) is 12.8. The molecule has 0 saturated carbocycles. The average molecular weight is 243 g/mol. The molecule has 0 spiro atoms. The molecule has 17 heavy (non-hydrogen) atoms. The molecule has 1 saturated heterocycles. The lowest BCUT2D eigenvalue weighted by atomic mass is 9.96. The van der Waals surface area contributed by atoms with Crippen molar-refractivity contribution >= 4 is 11.9 Å². The summed E-state index contributed by atoms with van der Waals surface area (Å²) >= 11 is 0. The van der Waals surface area contributed by atoms with Crippen molar-refractivity contribution < 1.29 is 19.1 Å². The lowest BCUT2D eigenvalue weighted by Gasteiger charge is -2.36. The number of hydrogen-bond acceptors (Lipinski definition) is 5. The summed E-state index contributed by atoms with van der Waals surface area (Å²) in [5, 5.41) is 0. The van der Waals surface area contributed by atoms with Crippen LogP contribution in [0, 0.1) is 0 Å². The molecule has 0 unspecified atom stereocenters. The van der Waals surface area contributed by atoms with Gasteiger partial charge in [0.05, 0.1) is 13.2 Å². The van der Waals surface area contributed by atoms with Gasteiger partial charge in [-0.05, 0) is 40.2 Å². The average Bonchev–Trinajstić information content (AvgIpc) is 2.29. The van der Waals surface area contributed by atoms with Crippen LogP contribution >= 0.6 is 0 Å². The van der Waals surface area contributed by atoms with Crippen molar-refractivity contribution in [3.8, 4) is 0 Å². The van der Waals surface area contributed by atoms with Gasteiger partial charge in [-0.3, -0.25) is 14.5 Å². The highest BCUT2D eigenvalue weighted by Crippen LogP contribution is 2.23. The van der Waals surface area contributed by atoms with Crippen LogP contribution in [0.5, 0.6) is 0 Å². The third kappa shape index (κ3) is 3.43. The summed E-state index contributed by atoms with van der Waals surface area (Å²) in [6, 6.07) is -0.642. The number of likely N-dealkylation sites (tertiary alicyclic amines) is 1. The van der Waals surface area contributed by atoms with E-state index in [1.54, 1.807) is 25.8 Å². The van der Waals surface area contributed by atoms with Gasteiger partial charge >= 0.3 is 11.9 Å². The third-order valence-corrected chi connectivity index (χ3v) is 3.06. The maximum atomic E-state index is 11.7. The molecule has 0 radical (unpaired) electrons. The fraction of sp³-hybridized carbons (Fsp3) is 0.833. The van der Waals surface area contributed by atoms with E-state index in [9.17, 15) is 9.59 Å². The van der Waals surface area contributed by atoms with Gasteiger partial charge in [-0.1, -0.05) is 0 Å². The van der Waals surface area contributed by atoms with Gasteiger partial charge in [0.2, 0.25) is 0 Å². The Morgan fingerprint density at radius 1 is 1.06 bits per heavy atom. The predicted octanol–water partition coefficient (Wildman–Crippen LogP) is 0.966. The lowest BCUT2D eigenvalue weighted by molar-refractivity contribution is -0.158. The van der Waals surface area contributed by atoms with Crippen molar-refractivity contribution in [2.75, 3.05) is 20.3 Å². The molecule has 1 aliphatic heterocycles. The Labute approximate surface area is 102 Å². The van der Waals surface area contributed by atoms with E-state index in [0.717, 1.165) is 19.3 Å². The molecular formula is C12H21NO4. The fourth-order valence-electron chi connectivity index (χ4n) is 2.17. The van der Waals surface area contributed by atoms with Crippen LogP contribution < -0.4 is 0 Å². The summed E-state index contributed by atoms with van der Waals surface area (Å²) in [5.74, 6) is -0.493. The van der Waals surface area contributed by atoms with E-state index in [1.807, 2.05) is 0 Å². The molecule has 0 bridgehead atoms. The van der Waals surface area contributed by atoms with Crippen LogP contribution in [-0.4, -0.2) is 49.2 Å². The van der Waals surface area contributed by atoms with Crippen molar-refractivity contribution in [3.63, 3.8) is 0 Å². The summed E-state index contributed by atoms with van der Waals surface area (Å²) in [6.07, 6.45) is 2.33. The van der Waals surface area contributed by atoms with E-state index >= 15 is 0 Å². The molecule has 5 heteroatoms. The van der Waals surface area contributed by atoms with Crippen molar-refractivity contribution in [2.45, 2.75) is 45.2 Å². The second kappa shape index (κ2) is 6.59. The molecule has 1 fully saturated rings. The first-order valence-corrected chi connectivity index (χ1v) is 6.17. The van der Waals surface area contributed by atoms with Gasteiger partial charge < -0.3 is 9.47 Å². The van der Waals surface area contributed by atoms with Crippen molar-refractivity contribution in [2.24, 2.45) is 0 Å². The van der Waals surface area contributed by atoms with Gasteiger partial charge in [-0.25, -0.2) is 0 Å². The van der Waals surface area contributed by atoms with E-state index in [0.29, 0.717) is 13.2 Å². The topological polar surface area (TPSA) is 55.8 Å². The fourth-order valence-corrected chi connectivity index (χ4v) is 2.17. The van der Waals surface area contributed by atoms with E-state index in [-0.39, 0.29) is 24.0 Å². The molecule has 2 atom stereocenters. The number of piperidine rings is 1. The Hall–Kier alpha value is -1.10. The summed E-state index contributed by atoms with van der Waals surface area (Å²) in [4.78, 5) is 25.2. The first-order valence-electron chi connectivity index (χ1n) is 6.17. The van der Waals surface area contributed by atoms with E-state index in [1.165, 1.54) is 0 Å². The summed E-state index contributed by atoms with van der Waals surface area (Å²) in [6.45, 7) is 4.30. The van der Waals surface area contributed by atoms with E-state index in [2.05, 4.69) is 0 Å². The second-order valence-corrected chi connectivity index (χ2v) is 4.13. The Kier molecular flexibility index (Phi) is 5.41. The highest BCUT2D eigenvalue weighted by Gasteiger charge is 2.37. The first-order chi connectivity index (χ1) is 8.11. The molecule has 1 aliphatic rings. The lowest BCUT2D eigenvalue weighted by Crippen LogP contribution is -2.52. The van der Waals surface area contributed by atoms with E-state index in [4.69, 9.17) is 9.47 Å². The summed E-state index contributed by atoms with van der Waals surface area (Å²) < 4.78 is 10.0. The minimum Gasteiger partial charge on any atom is -0.465 e. The molecule has 5 nitrogen and oxygen atoms in total. The summed E-state index contributed by atoms with van der Waals surface area (Å²) in [7, 11) is 1.78. The summed E-state index contributed by atoms with van der Waals surface area (Å²) in [5.41, 5.74) is 0. The molecular weight excluding hydrogens is 222 g/mol. The number of carbonyl (C=O) groups is 2. The molecule has 1 rings (SSSR count). The molecule has 98 valence electrons. The maximum Gasteiger partial charge on any atom is 0.323 e. The molecule has 0 aliphatic carbocycles. The maximum absolute atomic E-state index is 11.7. The van der Waals surface area contributed by atoms with Crippen molar-refractivity contribution in [1.29, 1.82) is 0 Å². The van der Waals surface area contributed by atoms with Gasteiger partial charge in [0, 0.05) is 0 Å². The molecule has 0 aromatic heterocycles. The van der Waals surface area contributed by atoms with Crippen LogP contribution in [0.3, 0.4) is 0 Å².